The number of carbonyl (C=O) groups is 2. The molecule has 1 N–H and O–H groups in total. The van der Waals surface area contributed by atoms with Gasteiger partial charge in [-0.15, -0.1) is 0 Å². The summed E-state index contributed by atoms with van der Waals surface area (Å²) >= 11 is 0. The van der Waals surface area contributed by atoms with Gasteiger partial charge in [-0.05, 0) is 56.4 Å². The van der Waals surface area contributed by atoms with Gasteiger partial charge >= 0.3 is 5.97 Å². The SMILES string of the molecule is Cc1nn(C)c(C)c1C(=O)OCC(=O)Nc1ccc(S(=O)(=O)N2CC(C)CC(C)C2)cc1. The predicted octanol–water partition coefficient (Wildman–Crippen LogP) is 2.50. The largest absolute Gasteiger partial charge is 0.452 e. The molecule has 32 heavy (non-hydrogen) atoms. The van der Waals surface area contributed by atoms with Crippen molar-refractivity contribution in [1.82, 2.24) is 14.1 Å². The monoisotopic (exact) mass is 462 g/mol. The van der Waals surface area contributed by atoms with Gasteiger partial charge in [0.25, 0.3) is 5.91 Å². The smallest absolute Gasteiger partial charge is 0.342 e. The van der Waals surface area contributed by atoms with E-state index in [0.717, 1.165) is 6.42 Å². The molecule has 0 spiro atoms. The molecule has 3 rings (SSSR count). The van der Waals surface area contributed by atoms with Crippen molar-refractivity contribution in [3.8, 4) is 0 Å². The number of aryl methyl sites for hydroxylation is 2. The number of amides is 1. The van der Waals surface area contributed by atoms with Crippen molar-refractivity contribution in [1.29, 1.82) is 0 Å². The van der Waals surface area contributed by atoms with Crippen molar-refractivity contribution in [2.75, 3.05) is 25.0 Å². The second-order valence-corrected chi connectivity index (χ2v) is 10.5. The molecule has 1 fully saturated rings. The van der Waals surface area contributed by atoms with Crippen LogP contribution in [-0.4, -0.2) is 54.1 Å². The molecule has 0 radical (unpaired) electrons. The number of sulfonamides is 1. The summed E-state index contributed by atoms with van der Waals surface area (Å²) in [6, 6.07) is 6.00. The van der Waals surface area contributed by atoms with Crippen molar-refractivity contribution in [3.05, 3.63) is 41.2 Å². The topological polar surface area (TPSA) is 111 Å². The van der Waals surface area contributed by atoms with Crippen molar-refractivity contribution in [3.63, 3.8) is 0 Å². The highest BCUT2D eigenvalue weighted by molar-refractivity contribution is 7.89. The van der Waals surface area contributed by atoms with Crippen LogP contribution in [0, 0.1) is 25.7 Å². The number of rotatable bonds is 6. The fourth-order valence-corrected chi connectivity index (χ4v) is 5.81. The Balaban J connectivity index is 1.59. The zero-order valence-electron chi connectivity index (χ0n) is 19.1. The zero-order chi connectivity index (χ0) is 23.6. The summed E-state index contributed by atoms with van der Waals surface area (Å²) in [5, 5.41) is 6.77. The van der Waals surface area contributed by atoms with Crippen LogP contribution >= 0.6 is 0 Å². The molecule has 9 nitrogen and oxygen atoms in total. The molecule has 1 aromatic carbocycles. The molecule has 1 saturated heterocycles. The molecule has 2 atom stereocenters. The molecule has 2 aromatic rings. The van der Waals surface area contributed by atoms with Gasteiger partial charge in [0.15, 0.2) is 6.61 Å². The van der Waals surface area contributed by atoms with Gasteiger partial charge in [0.2, 0.25) is 10.0 Å². The molecular formula is C22H30N4O5S. The van der Waals surface area contributed by atoms with Crippen LogP contribution in [0.1, 0.15) is 42.0 Å². The van der Waals surface area contributed by atoms with E-state index in [1.54, 1.807) is 25.6 Å². The number of ether oxygens (including phenoxy) is 1. The third-order valence-electron chi connectivity index (χ3n) is 5.66. The second-order valence-electron chi connectivity index (χ2n) is 8.59. The maximum atomic E-state index is 13.0. The first-order valence-corrected chi connectivity index (χ1v) is 12.0. The van der Waals surface area contributed by atoms with Gasteiger partial charge in [-0.3, -0.25) is 9.48 Å². The van der Waals surface area contributed by atoms with E-state index >= 15 is 0 Å². The van der Waals surface area contributed by atoms with E-state index in [1.165, 1.54) is 28.6 Å². The minimum Gasteiger partial charge on any atom is -0.452 e. The van der Waals surface area contributed by atoms with Crippen LogP contribution in [-0.2, 0) is 26.6 Å². The van der Waals surface area contributed by atoms with Crippen molar-refractivity contribution >= 4 is 27.6 Å². The van der Waals surface area contributed by atoms with Crippen LogP contribution in [0.2, 0.25) is 0 Å². The normalized spacial score (nSPS) is 19.5. The van der Waals surface area contributed by atoms with Crippen molar-refractivity contribution in [2.24, 2.45) is 18.9 Å². The molecule has 1 aliphatic rings. The van der Waals surface area contributed by atoms with Gasteiger partial charge < -0.3 is 10.1 Å². The molecule has 2 unspecified atom stereocenters. The average Bonchev–Trinajstić information content (AvgIpc) is 2.97. The maximum absolute atomic E-state index is 13.0. The van der Waals surface area contributed by atoms with E-state index in [0.29, 0.717) is 47.6 Å². The van der Waals surface area contributed by atoms with Crippen molar-refractivity contribution < 1.29 is 22.7 Å². The number of esters is 1. The zero-order valence-corrected chi connectivity index (χ0v) is 19.9. The fraction of sp³-hybridized carbons (Fsp3) is 0.500. The number of carbonyl (C=O) groups excluding carboxylic acids is 2. The number of nitrogens with zero attached hydrogens (tertiary/aromatic N) is 3. The summed E-state index contributed by atoms with van der Waals surface area (Å²) in [7, 11) is -1.86. The number of anilines is 1. The first-order chi connectivity index (χ1) is 15.0. The number of benzene rings is 1. The van der Waals surface area contributed by atoms with E-state index in [1.807, 2.05) is 0 Å². The highest BCUT2D eigenvalue weighted by atomic mass is 32.2. The Morgan fingerprint density at radius 2 is 1.72 bits per heavy atom. The Morgan fingerprint density at radius 3 is 2.25 bits per heavy atom. The first kappa shape index (κ1) is 23.9. The fourth-order valence-electron chi connectivity index (χ4n) is 4.13. The lowest BCUT2D eigenvalue weighted by atomic mass is 9.94. The van der Waals surface area contributed by atoms with Gasteiger partial charge in [0.05, 0.1) is 10.6 Å². The summed E-state index contributed by atoms with van der Waals surface area (Å²) in [6.45, 7) is 8.11. The Labute approximate surface area is 188 Å². The third kappa shape index (κ3) is 5.18. The molecular weight excluding hydrogens is 432 g/mol. The highest BCUT2D eigenvalue weighted by Gasteiger charge is 2.31. The van der Waals surface area contributed by atoms with Crippen LogP contribution < -0.4 is 5.32 Å². The molecule has 0 bridgehead atoms. The number of hydrogen-bond donors (Lipinski definition) is 1. The van der Waals surface area contributed by atoms with Crippen LogP contribution in [0.3, 0.4) is 0 Å². The summed E-state index contributed by atoms with van der Waals surface area (Å²) in [5.41, 5.74) is 1.95. The molecule has 0 saturated carbocycles. The Hall–Kier alpha value is -2.72. The van der Waals surface area contributed by atoms with Gasteiger partial charge in [0, 0.05) is 31.5 Å². The standard InChI is InChI=1S/C22H30N4O5S/c1-14-10-15(2)12-26(11-14)32(29,30)19-8-6-18(7-9-19)23-20(27)13-31-22(28)21-16(3)24-25(5)17(21)4/h6-9,14-15H,10-13H2,1-5H3,(H,23,27). The van der Waals surface area contributed by atoms with E-state index in [9.17, 15) is 18.0 Å². The minimum absolute atomic E-state index is 0.186. The number of piperidine rings is 1. The van der Waals surface area contributed by atoms with E-state index in [4.69, 9.17) is 4.74 Å². The van der Waals surface area contributed by atoms with Gasteiger partial charge in [-0.2, -0.15) is 9.40 Å². The first-order valence-electron chi connectivity index (χ1n) is 10.6. The Kier molecular flexibility index (Phi) is 7.04. The molecule has 1 aromatic heterocycles. The number of aromatic nitrogens is 2. The second kappa shape index (κ2) is 9.41. The van der Waals surface area contributed by atoms with E-state index < -0.39 is 28.5 Å². The lowest BCUT2D eigenvalue weighted by Crippen LogP contribution is -2.42. The average molecular weight is 463 g/mol. The van der Waals surface area contributed by atoms with Gasteiger partial charge in [0.1, 0.15) is 5.56 Å². The Morgan fingerprint density at radius 1 is 1.12 bits per heavy atom. The van der Waals surface area contributed by atoms with E-state index in [-0.39, 0.29) is 4.90 Å². The lowest BCUT2D eigenvalue weighted by molar-refractivity contribution is -0.119. The third-order valence-corrected chi connectivity index (χ3v) is 7.50. The van der Waals surface area contributed by atoms with Crippen LogP contribution in [0.5, 0.6) is 0 Å². The highest BCUT2D eigenvalue weighted by Crippen LogP contribution is 2.27. The van der Waals surface area contributed by atoms with Crippen LogP contribution in [0.25, 0.3) is 0 Å². The summed E-state index contributed by atoms with van der Waals surface area (Å²) < 4.78 is 34.1. The number of hydrogen-bond acceptors (Lipinski definition) is 6. The predicted molar refractivity (Wildman–Crippen MR) is 120 cm³/mol. The van der Waals surface area contributed by atoms with Crippen LogP contribution in [0.4, 0.5) is 5.69 Å². The molecule has 174 valence electrons. The van der Waals surface area contributed by atoms with Gasteiger partial charge in [-0.1, -0.05) is 13.8 Å². The van der Waals surface area contributed by atoms with Crippen LogP contribution in [0.15, 0.2) is 29.2 Å². The molecule has 10 heteroatoms. The Bertz CT molecular complexity index is 1100. The molecule has 2 heterocycles. The van der Waals surface area contributed by atoms with E-state index in [2.05, 4.69) is 24.3 Å². The summed E-state index contributed by atoms with van der Waals surface area (Å²) in [5.74, 6) is -0.510. The lowest BCUT2D eigenvalue weighted by Gasteiger charge is -2.34. The summed E-state index contributed by atoms with van der Waals surface area (Å²) in [4.78, 5) is 24.7. The van der Waals surface area contributed by atoms with Crippen molar-refractivity contribution in [2.45, 2.75) is 39.0 Å². The molecule has 1 aliphatic heterocycles. The maximum Gasteiger partial charge on any atom is 0.342 e. The molecule has 0 aliphatic carbocycles. The number of nitrogens with one attached hydrogen (secondary N) is 1. The quantitative estimate of drug-likeness (QED) is 0.661. The molecule has 1 amide bonds. The summed E-state index contributed by atoms with van der Waals surface area (Å²) in [6.07, 6.45) is 1.02. The minimum atomic E-state index is -3.59. The van der Waals surface area contributed by atoms with Gasteiger partial charge in [-0.25, -0.2) is 13.2 Å².